The lowest BCUT2D eigenvalue weighted by molar-refractivity contribution is -0.128. The molecule has 3 aromatic rings. The molecule has 2 aliphatic heterocycles. The van der Waals surface area contributed by atoms with Crippen LogP contribution in [0.15, 0.2) is 71.6 Å². The third-order valence-corrected chi connectivity index (χ3v) is 7.83. The number of carbonyl (C=O) groups excluding carboxylic acids is 1. The van der Waals surface area contributed by atoms with E-state index in [-0.39, 0.29) is 17.5 Å². The topological polar surface area (TPSA) is 94.2 Å². The van der Waals surface area contributed by atoms with Crippen molar-refractivity contribution in [3.63, 3.8) is 0 Å². The fourth-order valence-corrected chi connectivity index (χ4v) is 5.65. The van der Waals surface area contributed by atoms with Crippen LogP contribution in [0.2, 0.25) is 0 Å². The van der Waals surface area contributed by atoms with Crippen LogP contribution in [0.3, 0.4) is 0 Å². The maximum atomic E-state index is 13.5. The molecule has 1 N–H and O–H groups in total. The molecule has 5 rings (SSSR count). The fraction of sp³-hybridized carbons (Fsp3) is 0.269. The Balaban J connectivity index is 1.40. The molecule has 0 unspecified atom stereocenters. The van der Waals surface area contributed by atoms with Gasteiger partial charge < -0.3 is 19.5 Å². The Morgan fingerprint density at radius 3 is 2.46 bits per heavy atom. The first-order chi connectivity index (χ1) is 16.8. The molecule has 0 saturated heterocycles. The van der Waals surface area contributed by atoms with Crippen molar-refractivity contribution in [3.05, 3.63) is 77.9 Å². The summed E-state index contributed by atoms with van der Waals surface area (Å²) in [6.07, 6.45) is -1.02. The summed E-state index contributed by atoms with van der Waals surface area (Å²) in [5.41, 5.74) is 2.14. The molecule has 8 nitrogen and oxygen atoms in total. The highest BCUT2D eigenvalue weighted by atomic mass is 32.2. The summed E-state index contributed by atoms with van der Waals surface area (Å²) in [6, 6.07) is 18.6. The molecule has 35 heavy (non-hydrogen) atoms. The van der Waals surface area contributed by atoms with Gasteiger partial charge >= 0.3 is 0 Å². The number of carbonyl (C=O) groups is 1. The molecule has 3 aromatic carbocycles. The van der Waals surface area contributed by atoms with E-state index >= 15 is 0 Å². The van der Waals surface area contributed by atoms with Crippen molar-refractivity contribution in [2.24, 2.45) is 0 Å². The third-order valence-electron chi connectivity index (χ3n) is 6.03. The highest BCUT2D eigenvalue weighted by Gasteiger charge is 2.38. The highest BCUT2D eigenvalue weighted by molar-refractivity contribution is 7.92. The van der Waals surface area contributed by atoms with E-state index in [1.54, 1.807) is 42.5 Å². The fourth-order valence-electron chi connectivity index (χ4n) is 4.16. The van der Waals surface area contributed by atoms with Crippen molar-refractivity contribution in [3.8, 4) is 17.2 Å². The average molecular weight is 495 g/mol. The van der Waals surface area contributed by atoms with Gasteiger partial charge in [-0.15, -0.1) is 0 Å². The summed E-state index contributed by atoms with van der Waals surface area (Å²) in [5, 5.41) is 2.94. The summed E-state index contributed by atoms with van der Waals surface area (Å²) >= 11 is 0. The molecule has 0 bridgehead atoms. The number of ether oxygens (including phenoxy) is 3. The Morgan fingerprint density at radius 1 is 0.971 bits per heavy atom. The van der Waals surface area contributed by atoms with E-state index in [0.29, 0.717) is 36.1 Å². The van der Waals surface area contributed by atoms with Crippen molar-refractivity contribution in [2.45, 2.75) is 30.9 Å². The van der Waals surface area contributed by atoms with Crippen LogP contribution in [0.5, 0.6) is 17.2 Å². The lowest BCUT2D eigenvalue weighted by atomic mass is 10.1. The van der Waals surface area contributed by atoms with E-state index in [1.165, 1.54) is 4.31 Å². The van der Waals surface area contributed by atoms with Gasteiger partial charge in [0, 0.05) is 0 Å². The van der Waals surface area contributed by atoms with Crippen molar-refractivity contribution in [1.29, 1.82) is 0 Å². The number of nitrogens with zero attached hydrogens (tertiary/aromatic N) is 1. The molecule has 2 heterocycles. The van der Waals surface area contributed by atoms with Gasteiger partial charge in [-0.2, -0.15) is 0 Å². The number of hydrogen-bond acceptors (Lipinski definition) is 6. The number of sulfonamides is 1. The molecule has 0 fully saturated rings. The monoisotopic (exact) mass is 494 g/mol. The summed E-state index contributed by atoms with van der Waals surface area (Å²) in [7, 11) is -3.91. The van der Waals surface area contributed by atoms with E-state index < -0.39 is 22.0 Å². The molecule has 0 aromatic heterocycles. The van der Waals surface area contributed by atoms with Gasteiger partial charge in [-0.25, -0.2) is 8.42 Å². The number of fused-ring (bicyclic) bond motifs is 2. The minimum Gasteiger partial charge on any atom is -0.486 e. The smallest absolute Gasteiger partial charge is 0.264 e. The van der Waals surface area contributed by atoms with Crippen molar-refractivity contribution < 1.29 is 27.4 Å². The van der Waals surface area contributed by atoms with Gasteiger partial charge in [0.05, 0.1) is 23.2 Å². The van der Waals surface area contributed by atoms with Crippen LogP contribution in [0.25, 0.3) is 0 Å². The Hall–Kier alpha value is -3.72. The molecule has 0 spiro atoms. The second kappa shape index (κ2) is 9.14. The molecule has 0 saturated carbocycles. The number of nitrogens with one attached hydrogen (secondary N) is 1. The quantitative estimate of drug-likeness (QED) is 0.583. The molecule has 2 aliphatic rings. The molecule has 2 atom stereocenters. The first kappa shape index (κ1) is 23.0. The Labute approximate surface area is 204 Å². The molecule has 0 radical (unpaired) electrons. The lowest BCUT2D eigenvalue weighted by Gasteiger charge is -2.35. The van der Waals surface area contributed by atoms with Gasteiger partial charge in [-0.3, -0.25) is 9.10 Å². The van der Waals surface area contributed by atoms with E-state index in [2.05, 4.69) is 5.32 Å². The molecule has 1 amide bonds. The third kappa shape index (κ3) is 4.51. The van der Waals surface area contributed by atoms with Crippen LogP contribution < -0.4 is 23.8 Å². The highest BCUT2D eigenvalue weighted by Crippen LogP contribution is 2.38. The normalized spacial score (nSPS) is 17.7. The van der Waals surface area contributed by atoms with Crippen molar-refractivity contribution in [1.82, 2.24) is 5.32 Å². The predicted molar refractivity (Wildman–Crippen MR) is 131 cm³/mol. The number of benzene rings is 3. The van der Waals surface area contributed by atoms with Crippen LogP contribution in [0, 0.1) is 6.92 Å². The van der Waals surface area contributed by atoms with E-state index in [4.69, 9.17) is 14.2 Å². The standard InChI is InChI=1S/C26H26N2O6S/c1-17-8-10-22-21(14-17)28(35(30,31)20-6-4-3-5-7-20)16-25(34-22)26(29)27-18(2)19-9-11-23-24(15-19)33-13-12-32-23/h3-11,14-15,18,25H,12-13,16H2,1-2H3,(H,27,29)/t18-,25-/m1/s1. The Morgan fingerprint density at radius 2 is 1.69 bits per heavy atom. The van der Waals surface area contributed by atoms with Crippen LogP contribution in [-0.4, -0.2) is 40.2 Å². The van der Waals surface area contributed by atoms with Crippen LogP contribution in [-0.2, 0) is 14.8 Å². The number of amides is 1. The maximum absolute atomic E-state index is 13.5. The van der Waals surface area contributed by atoms with Crippen molar-refractivity contribution in [2.75, 3.05) is 24.1 Å². The number of anilines is 1. The number of rotatable bonds is 5. The van der Waals surface area contributed by atoms with Gasteiger partial charge in [0.2, 0.25) is 0 Å². The zero-order chi connectivity index (χ0) is 24.6. The zero-order valence-corrected chi connectivity index (χ0v) is 20.2. The number of hydrogen-bond donors (Lipinski definition) is 1. The first-order valence-electron chi connectivity index (χ1n) is 11.4. The summed E-state index contributed by atoms with van der Waals surface area (Å²) in [4.78, 5) is 13.4. The predicted octanol–water partition coefficient (Wildman–Crippen LogP) is 3.60. The Kier molecular flexibility index (Phi) is 6.02. The average Bonchev–Trinajstić information content (AvgIpc) is 2.88. The van der Waals surface area contributed by atoms with Gasteiger partial charge in [0.25, 0.3) is 15.9 Å². The maximum Gasteiger partial charge on any atom is 0.264 e. The van der Waals surface area contributed by atoms with E-state index in [0.717, 1.165) is 11.1 Å². The van der Waals surface area contributed by atoms with Gasteiger partial charge in [-0.05, 0) is 61.4 Å². The van der Waals surface area contributed by atoms with Crippen LogP contribution in [0.1, 0.15) is 24.1 Å². The second-order valence-corrected chi connectivity index (χ2v) is 10.4. The molecule has 0 aliphatic carbocycles. The summed E-state index contributed by atoms with van der Waals surface area (Å²) in [6.45, 7) is 4.55. The van der Waals surface area contributed by atoms with Gasteiger partial charge in [-0.1, -0.05) is 30.3 Å². The molecular weight excluding hydrogens is 468 g/mol. The van der Waals surface area contributed by atoms with E-state index in [9.17, 15) is 13.2 Å². The van der Waals surface area contributed by atoms with Gasteiger partial charge in [0.15, 0.2) is 17.6 Å². The van der Waals surface area contributed by atoms with Crippen LogP contribution >= 0.6 is 0 Å². The minimum atomic E-state index is -3.91. The lowest BCUT2D eigenvalue weighted by Crippen LogP contribution is -2.51. The first-order valence-corrected chi connectivity index (χ1v) is 12.8. The Bertz CT molecular complexity index is 1360. The SMILES string of the molecule is Cc1ccc2c(c1)N(S(=O)(=O)c1ccccc1)C[C@H](C(=O)N[C@H](C)c1ccc3c(c1)OCCO3)O2. The minimum absolute atomic E-state index is 0.145. The van der Waals surface area contributed by atoms with Crippen LogP contribution in [0.4, 0.5) is 5.69 Å². The summed E-state index contributed by atoms with van der Waals surface area (Å²) in [5.74, 6) is 1.23. The van der Waals surface area contributed by atoms with Gasteiger partial charge in [0.1, 0.15) is 19.0 Å². The second-order valence-electron chi connectivity index (χ2n) is 8.56. The summed E-state index contributed by atoms with van der Waals surface area (Å²) < 4.78 is 45.5. The van der Waals surface area contributed by atoms with E-state index in [1.807, 2.05) is 38.1 Å². The zero-order valence-electron chi connectivity index (χ0n) is 19.4. The largest absolute Gasteiger partial charge is 0.486 e. The van der Waals surface area contributed by atoms with Crippen molar-refractivity contribution >= 4 is 21.6 Å². The molecular formula is C26H26N2O6S. The molecule has 182 valence electrons. The number of aryl methyl sites for hydroxylation is 1. The molecule has 9 heteroatoms.